The fourth-order valence-electron chi connectivity index (χ4n) is 6.16. The lowest BCUT2D eigenvalue weighted by molar-refractivity contribution is -0.159. The van der Waals surface area contributed by atoms with Crippen LogP contribution < -0.4 is 9.47 Å². The van der Waals surface area contributed by atoms with Crippen LogP contribution in [-0.2, 0) is 32.0 Å². The molecule has 2 fully saturated rings. The molecular formula is C39H46N2O10S. The van der Waals surface area contributed by atoms with Gasteiger partial charge in [-0.1, -0.05) is 37.3 Å². The zero-order valence-corrected chi connectivity index (χ0v) is 30.1. The highest BCUT2D eigenvalue weighted by atomic mass is 32.1. The molecule has 0 bridgehead atoms. The average molecular weight is 735 g/mol. The Morgan fingerprint density at radius 1 is 0.692 bits per heavy atom. The summed E-state index contributed by atoms with van der Waals surface area (Å²) in [4.78, 5) is 42.8. The van der Waals surface area contributed by atoms with Crippen molar-refractivity contribution in [3.8, 4) is 21.9 Å². The Kier molecular flexibility index (Phi) is 15.4. The third-order valence-electron chi connectivity index (χ3n) is 8.81. The van der Waals surface area contributed by atoms with Crippen molar-refractivity contribution in [2.24, 2.45) is 0 Å². The average Bonchev–Trinajstić information content (AvgIpc) is 3.93. The van der Waals surface area contributed by atoms with E-state index in [1.54, 1.807) is 0 Å². The predicted molar refractivity (Wildman–Crippen MR) is 199 cm³/mol. The first-order chi connectivity index (χ1) is 25.0. The molecule has 0 atom stereocenters. The smallest absolute Gasteiger partial charge is 0.414 e. The molecule has 0 amide bonds. The van der Waals surface area contributed by atoms with Crippen LogP contribution in [0.4, 0.5) is 0 Å². The molecule has 6 rings (SSSR count). The summed E-state index contributed by atoms with van der Waals surface area (Å²) >= 11 is 1.90. The van der Waals surface area contributed by atoms with Crippen LogP contribution in [0.5, 0.6) is 11.5 Å². The number of likely N-dealkylation sites (tertiary alicyclic amines) is 2. The third-order valence-corrected chi connectivity index (χ3v) is 10.1. The second-order valence-corrected chi connectivity index (χ2v) is 13.5. The van der Waals surface area contributed by atoms with E-state index >= 15 is 0 Å². The lowest BCUT2D eigenvalue weighted by Gasteiger charge is -2.17. The van der Waals surface area contributed by atoms with Gasteiger partial charge < -0.3 is 29.9 Å². The summed E-state index contributed by atoms with van der Waals surface area (Å²) in [6.45, 7) is 10.7. The van der Waals surface area contributed by atoms with Crippen LogP contribution in [0.15, 0.2) is 66.7 Å². The van der Waals surface area contributed by atoms with Gasteiger partial charge in [0.2, 0.25) is 0 Å². The Morgan fingerprint density at radius 2 is 1.23 bits per heavy atom. The standard InChI is InChI=1S/C35H42N2O2S.2C2H2O4/c1-2-28-25-27(11-16-33(28)39-24-22-37-19-7-8-20-37)26-32-31-9-3-4-10-34(31)40-35(32)29-12-14-30(15-13-29)38-23-21-36-17-5-6-18-36;2*3-1(4)2(5)6/h3-4,9-16,25H,2,5-8,17-24,26H2,1H3;2*(H,3,4)(H,5,6). The topological polar surface area (TPSA) is 174 Å². The van der Waals surface area contributed by atoms with E-state index in [2.05, 4.69) is 83.5 Å². The van der Waals surface area contributed by atoms with Crippen molar-refractivity contribution in [1.29, 1.82) is 0 Å². The van der Waals surface area contributed by atoms with Crippen molar-refractivity contribution in [2.45, 2.75) is 45.4 Å². The molecule has 0 aliphatic carbocycles. The van der Waals surface area contributed by atoms with Crippen LogP contribution in [0, 0.1) is 0 Å². The molecule has 3 heterocycles. The molecule has 13 heteroatoms. The highest BCUT2D eigenvalue weighted by Crippen LogP contribution is 2.40. The number of thiophene rings is 1. The maximum absolute atomic E-state index is 9.10. The maximum atomic E-state index is 9.10. The first kappa shape index (κ1) is 39.8. The molecule has 278 valence electrons. The molecule has 12 nitrogen and oxygen atoms in total. The minimum Gasteiger partial charge on any atom is -0.492 e. The number of hydrogen-bond acceptors (Lipinski definition) is 9. The summed E-state index contributed by atoms with van der Waals surface area (Å²) in [5.74, 6) is -5.30. The lowest BCUT2D eigenvalue weighted by atomic mass is 9.97. The maximum Gasteiger partial charge on any atom is 0.414 e. The second-order valence-electron chi connectivity index (χ2n) is 12.4. The van der Waals surface area contributed by atoms with E-state index in [-0.39, 0.29) is 0 Å². The SMILES string of the molecule is CCc1cc(Cc2c(-c3ccc(OCCN4CCCC4)cc3)sc3ccccc23)ccc1OCCN1CCCC1.O=C(O)C(=O)O.O=C(O)C(=O)O. The van der Waals surface area contributed by atoms with Crippen LogP contribution in [0.3, 0.4) is 0 Å². The van der Waals surface area contributed by atoms with Gasteiger partial charge in [0.15, 0.2) is 0 Å². The Labute approximate surface area is 306 Å². The van der Waals surface area contributed by atoms with Crippen molar-refractivity contribution < 1.29 is 49.1 Å². The number of ether oxygens (including phenoxy) is 2. The van der Waals surface area contributed by atoms with E-state index < -0.39 is 23.9 Å². The van der Waals surface area contributed by atoms with Gasteiger partial charge in [-0.15, -0.1) is 11.3 Å². The molecule has 4 aromatic rings. The number of aryl methyl sites for hydroxylation is 1. The van der Waals surface area contributed by atoms with Crippen LogP contribution >= 0.6 is 11.3 Å². The fourth-order valence-corrected chi connectivity index (χ4v) is 7.39. The molecule has 0 spiro atoms. The number of benzene rings is 3. The van der Waals surface area contributed by atoms with Crippen molar-refractivity contribution >= 4 is 45.3 Å². The Hall–Kier alpha value is -4.98. The van der Waals surface area contributed by atoms with Gasteiger partial charge in [-0.25, -0.2) is 19.2 Å². The minimum atomic E-state index is -1.82. The predicted octanol–water partition coefficient (Wildman–Crippen LogP) is 5.98. The quantitative estimate of drug-likeness (QED) is 0.126. The first-order valence-electron chi connectivity index (χ1n) is 17.4. The number of hydrogen-bond donors (Lipinski definition) is 4. The van der Waals surface area contributed by atoms with Crippen LogP contribution in [0.25, 0.3) is 20.5 Å². The summed E-state index contributed by atoms with van der Waals surface area (Å²) in [7, 11) is 0. The van der Waals surface area contributed by atoms with Gasteiger partial charge in [-0.2, -0.15) is 0 Å². The van der Waals surface area contributed by atoms with E-state index in [9.17, 15) is 0 Å². The highest BCUT2D eigenvalue weighted by molar-refractivity contribution is 7.22. The van der Waals surface area contributed by atoms with E-state index in [0.717, 1.165) is 50.6 Å². The van der Waals surface area contributed by atoms with Crippen LogP contribution in [-0.4, -0.2) is 107 Å². The number of carbonyl (C=O) groups is 4. The van der Waals surface area contributed by atoms with Gasteiger partial charge in [0.25, 0.3) is 0 Å². The molecule has 0 unspecified atom stereocenters. The molecule has 2 aliphatic rings. The van der Waals surface area contributed by atoms with E-state index in [1.165, 1.54) is 89.1 Å². The first-order valence-corrected chi connectivity index (χ1v) is 18.2. The third kappa shape index (κ3) is 12.1. The summed E-state index contributed by atoms with van der Waals surface area (Å²) < 4.78 is 13.7. The fraction of sp³-hybridized carbons (Fsp3) is 0.385. The molecule has 3 aromatic carbocycles. The normalized spacial score (nSPS) is 14.2. The second kappa shape index (κ2) is 20.2. The van der Waals surface area contributed by atoms with E-state index in [4.69, 9.17) is 49.1 Å². The Balaban J connectivity index is 0.000000436. The zero-order valence-electron chi connectivity index (χ0n) is 29.3. The molecule has 0 saturated carbocycles. The van der Waals surface area contributed by atoms with Crippen LogP contribution in [0.1, 0.15) is 49.3 Å². The molecule has 52 heavy (non-hydrogen) atoms. The van der Waals surface area contributed by atoms with Gasteiger partial charge in [-0.05, 0) is 129 Å². The summed E-state index contributed by atoms with van der Waals surface area (Å²) in [6, 6.07) is 24.4. The molecule has 1 aromatic heterocycles. The van der Waals surface area contributed by atoms with Gasteiger partial charge in [-0.3, -0.25) is 9.80 Å². The van der Waals surface area contributed by atoms with E-state index in [1.807, 2.05) is 11.3 Å². The summed E-state index contributed by atoms with van der Waals surface area (Å²) in [6.07, 6.45) is 7.18. The molecule has 2 saturated heterocycles. The number of fused-ring (bicyclic) bond motifs is 1. The van der Waals surface area contributed by atoms with E-state index in [0.29, 0.717) is 0 Å². The largest absolute Gasteiger partial charge is 0.492 e. The van der Waals surface area contributed by atoms with Gasteiger partial charge >= 0.3 is 23.9 Å². The zero-order chi connectivity index (χ0) is 37.5. The number of rotatable bonds is 12. The van der Waals surface area contributed by atoms with Gasteiger partial charge in [0, 0.05) is 22.7 Å². The molecular weight excluding hydrogens is 689 g/mol. The van der Waals surface area contributed by atoms with Gasteiger partial charge in [0.1, 0.15) is 24.7 Å². The summed E-state index contributed by atoms with van der Waals surface area (Å²) in [5.41, 5.74) is 5.32. The van der Waals surface area contributed by atoms with Crippen molar-refractivity contribution in [1.82, 2.24) is 9.80 Å². The monoisotopic (exact) mass is 734 g/mol. The Bertz CT molecular complexity index is 1750. The highest BCUT2D eigenvalue weighted by Gasteiger charge is 2.17. The Morgan fingerprint density at radius 3 is 1.77 bits per heavy atom. The van der Waals surface area contributed by atoms with Crippen molar-refractivity contribution in [3.05, 3.63) is 83.4 Å². The molecule has 0 radical (unpaired) electrons. The van der Waals surface area contributed by atoms with Gasteiger partial charge in [0.05, 0.1) is 0 Å². The number of nitrogens with zero attached hydrogens (tertiary/aromatic N) is 2. The molecule has 4 N–H and O–H groups in total. The summed E-state index contributed by atoms with van der Waals surface area (Å²) in [5, 5.41) is 30.9. The van der Waals surface area contributed by atoms with Crippen molar-refractivity contribution in [3.63, 3.8) is 0 Å². The minimum absolute atomic E-state index is 0.755. The number of carboxylic acid groups (broad SMARTS) is 4. The number of carboxylic acids is 4. The van der Waals surface area contributed by atoms with Crippen molar-refractivity contribution in [2.75, 3.05) is 52.5 Å². The number of aliphatic carboxylic acids is 4. The molecule has 2 aliphatic heterocycles. The lowest BCUT2D eigenvalue weighted by Crippen LogP contribution is -2.25. The van der Waals surface area contributed by atoms with Crippen LogP contribution in [0.2, 0.25) is 0 Å².